The van der Waals surface area contributed by atoms with Crippen molar-refractivity contribution in [3.8, 4) is 5.75 Å². The molecule has 1 aromatic rings. The summed E-state index contributed by atoms with van der Waals surface area (Å²) in [5.41, 5.74) is 1.16. The third-order valence-corrected chi connectivity index (χ3v) is 3.84. The molecule has 104 valence electrons. The molecule has 1 aromatic carbocycles. The zero-order valence-corrected chi connectivity index (χ0v) is 11.9. The minimum atomic E-state index is 0.109. The Balaban J connectivity index is 1.86. The van der Waals surface area contributed by atoms with E-state index in [4.69, 9.17) is 4.74 Å². The van der Waals surface area contributed by atoms with E-state index in [0.29, 0.717) is 0 Å². The Labute approximate surface area is 115 Å². The maximum atomic E-state index is 12.1. The third kappa shape index (κ3) is 3.72. The highest BCUT2D eigenvalue weighted by atomic mass is 16.5. The number of benzene rings is 1. The van der Waals surface area contributed by atoms with Gasteiger partial charge in [-0.05, 0) is 36.8 Å². The van der Waals surface area contributed by atoms with E-state index in [1.165, 1.54) is 0 Å². The molecule has 3 heteroatoms. The molecule has 1 fully saturated rings. The molecule has 0 aliphatic carbocycles. The van der Waals surface area contributed by atoms with Gasteiger partial charge in [0, 0.05) is 13.1 Å². The molecule has 19 heavy (non-hydrogen) atoms. The number of hydrogen-bond donors (Lipinski definition) is 0. The van der Waals surface area contributed by atoms with Gasteiger partial charge in [0.25, 0.3) is 5.91 Å². The molecular formula is C16H23NO2. The van der Waals surface area contributed by atoms with Crippen molar-refractivity contribution in [2.75, 3.05) is 19.7 Å². The van der Waals surface area contributed by atoms with E-state index < -0.39 is 0 Å². The van der Waals surface area contributed by atoms with Gasteiger partial charge in [-0.1, -0.05) is 32.0 Å². The minimum Gasteiger partial charge on any atom is -0.483 e. The molecule has 0 spiro atoms. The quantitative estimate of drug-likeness (QED) is 0.834. The summed E-state index contributed by atoms with van der Waals surface area (Å²) in [6, 6.07) is 7.92. The smallest absolute Gasteiger partial charge is 0.260 e. The second-order valence-corrected chi connectivity index (χ2v) is 5.31. The molecule has 0 N–H and O–H groups in total. The topological polar surface area (TPSA) is 29.5 Å². The van der Waals surface area contributed by atoms with Gasteiger partial charge in [0.2, 0.25) is 0 Å². The average molecular weight is 261 g/mol. The van der Waals surface area contributed by atoms with Gasteiger partial charge in [-0.2, -0.15) is 0 Å². The van der Waals surface area contributed by atoms with Crippen LogP contribution in [0.4, 0.5) is 0 Å². The Kier molecular flexibility index (Phi) is 4.83. The monoisotopic (exact) mass is 261 g/mol. The summed E-state index contributed by atoms with van der Waals surface area (Å²) in [5, 5.41) is 0. The number of para-hydroxylation sites is 1. The van der Waals surface area contributed by atoms with Crippen LogP contribution in [-0.2, 0) is 11.2 Å². The van der Waals surface area contributed by atoms with E-state index in [2.05, 4.69) is 13.8 Å². The first-order valence-corrected chi connectivity index (χ1v) is 7.19. The van der Waals surface area contributed by atoms with Gasteiger partial charge in [-0.25, -0.2) is 0 Å². The second kappa shape index (κ2) is 6.60. The molecule has 0 aromatic heterocycles. The van der Waals surface area contributed by atoms with Crippen LogP contribution in [0.1, 0.15) is 32.3 Å². The fourth-order valence-electron chi connectivity index (χ4n) is 2.43. The molecular weight excluding hydrogens is 238 g/mol. The first-order chi connectivity index (χ1) is 9.20. The molecule has 0 bridgehead atoms. The van der Waals surface area contributed by atoms with Gasteiger partial charge in [0.15, 0.2) is 6.61 Å². The van der Waals surface area contributed by atoms with Crippen LogP contribution in [0.3, 0.4) is 0 Å². The first-order valence-electron chi connectivity index (χ1n) is 7.19. The number of piperidine rings is 1. The Bertz CT molecular complexity index is 423. The summed E-state index contributed by atoms with van der Waals surface area (Å²) in [4.78, 5) is 14.0. The van der Waals surface area contributed by atoms with Crippen molar-refractivity contribution < 1.29 is 9.53 Å². The van der Waals surface area contributed by atoms with Gasteiger partial charge in [-0.3, -0.25) is 4.79 Å². The summed E-state index contributed by atoms with van der Waals surface area (Å²) in [7, 11) is 0. The number of likely N-dealkylation sites (tertiary alicyclic amines) is 1. The molecule has 3 nitrogen and oxygen atoms in total. The largest absolute Gasteiger partial charge is 0.483 e. The van der Waals surface area contributed by atoms with Crippen LogP contribution >= 0.6 is 0 Å². The van der Waals surface area contributed by atoms with Crippen LogP contribution in [0.25, 0.3) is 0 Å². The summed E-state index contributed by atoms with van der Waals surface area (Å²) in [6.45, 7) is 6.24. The molecule has 0 saturated carbocycles. The van der Waals surface area contributed by atoms with Crippen LogP contribution in [0.5, 0.6) is 5.75 Å². The Hall–Kier alpha value is -1.51. The number of hydrogen-bond acceptors (Lipinski definition) is 2. The van der Waals surface area contributed by atoms with Crippen molar-refractivity contribution in [3.05, 3.63) is 29.8 Å². The zero-order valence-electron chi connectivity index (χ0n) is 11.9. The van der Waals surface area contributed by atoms with Gasteiger partial charge >= 0.3 is 0 Å². The highest BCUT2D eigenvalue weighted by Gasteiger charge is 2.20. The molecule has 2 rings (SSSR count). The van der Waals surface area contributed by atoms with Crippen LogP contribution in [0.2, 0.25) is 0 Å². The fourth-order valence-corrected chi connectivity index (χ4v) is 2.43. The lowest BCUT2D eigenvalue weighted by Gasteiger charge is -2.30. The lowest BCUT2D eigenvalue weighted by molar-refractivity contribution is -0.134. The predicted molar refractivity (Wildman–Crippen MR) is 76.3 cm³/mol. The maximum absolute atomic E-state index is 12.1. The normalized spacial score (nSPS) is 16.4. The number of amides is 1. The molecule has 0 radical (unpaired) electrons. The molecule has 0 atom stereocenters. The van der Waals surface area contributed by atoms with Crippen LogP contribution in [0, 0.1) is 5.92 Å². The second-order valence-electron chi connectivity index (χ2n) is 5.31. The summed E-state index contributed by atoms with van der Waals surface area (Å²) in [5.74, 6) is 1.69. The summed E-state index contributed by atoms with van der Waals surface area (Å²) < 4.78 is 5.68. The maximum Gasteiger partial charge on any atom is 0.260 e. The lowest BCUT2D eigenvalue weighted by Crippen LogP contribution is -2.40. The van der Waals surface area contributed by atoms with Crippen molar-refractivity contribution in [1.29, 1.82) is 0 Å². The molecule has 1 aliphatic heterocycles. The number of carbonyl (C=O) groups is 1. The van der Waals surface area contributed by atoms with Crippen molar-refractivity contribution in [2.24, 2.45) is 5.92 Å². The Morgan fingerprint density at radius 1 is 1.32 bits per heavy atom. The number of rotatable bonds is 4. The Morgan fingerprint density at radius 3 is 2.68 bits per heavy atom. The van der Waals surface area contributed by atoms with E-state index in [9.17, 15) is 4.79 Å². The van der Waals surface area contributed by atoms with Gasteiger partial charge < -0.3 is 9.64 Å². The standard InChI is InChI=1S/C16H23NO2/c1-3-14-6-4-5-7-15(14)19-12-16(18)17-10-8-13(2)9-11-17/h4-7,13H,3,8-12H2,1-2H3. The SMILES string of the molecule is CCc1ccccc1OCC(=O)N1CCC(C)CC1. The molecule has 0 unspecified atom stereocenters. The van der Waals surface area contributed by atoms with Crippen LogP contribution < -0.4 is 4.74 Å². The van der Waals surface area contributed by atoms with Crippen molar-refractivity contribution in [1.82, 2.24) is 4.90 Å². The predicted octanol–water partition coefficient (Wildman–Crippen LogP) is 2.89. The summed E-state index contributed by atoms with van der Waals surface area (Å²) in [6.07, 6.45) is 3.14. The minimum absolute atomic E-state index is 0.109. The molecule has 1 saturated heterocycles. The number of aryl methyl sites for hydroxylation is 1. The van der Waals surface area contributed by atoms with E-state index in [0.717, 1.165) is 49.6 Å². The average Bonchev–Trinajstić information content (AvgIpc) is 2.45. The highest BCUT2D eigenvalue weighted by molar-refractivity contribution is 5.77. The number of ether oxygens (including phenoxy) is 1. The van der Waals surface area contributed by atoms with E-state index in [-0.39, 0.29) is 12.5 Å². The number of carbonyl (C=O) groups excluding carboxylic acids is 1. The van der Waals surface area contributed by atoms with Crippen LogP contribution in [0.15, 0.2) is 24.3 Å². The van der Waals surface area contributed by atoms with Crippen molar-refractivity contribution in [3.63, 3.8) is 0 Å². The van der Waals surface area contributed by atoms with Crippen molar-refractivity contribution >= 4 is 5.91 Å². The van der Waals surface area contributed by atoms with Gasteiger partial charge in [0.1, 0.15) is 5.75 Å². The molecule has 1 heterocycles. The molecule has 1 amide bonds. The Morgan fingerprint density at radius 2 is 2.00 bits per heavy atom. The zero-order chi connectivity index (χ0) is 13.7. The molecule has 1 aliphatic rings. The highest BCUT2D eigenvalue weighted by Crippen LogP contribution is 2.19. The lowest BCUT2D eigenvalue weighted by atomic mass is 9.99. The third-order valence-electron chi connectivity index (χ3n) is 3.84. The van der Waals surface area contributed by atoms with Crippen LogP contribution in [-0.4, -0.2) is 30.5 Å². The number of nitrogens with zero attached hydrogens (tertiary/aromatic N) is 1. The fraction of sp³-hybridized carbons (Fsp3) is 0.562. The van der Waals surface area contributed by atoms with E-state index >= 15 is 0 Å². The van der Waals surface area contributed by atoms with E-state index in [1.807, 2.05) is 29.2 Å². The van der Waals surface area contributed by atoms with Gasteiger partial charge in [-0.15, -0.1) is 0 Å². The summed E-state index contributed by atoms with van der Waals surface area (Å²) >= 11 is 0. The first kappa shape index (κ1) is 13.9. The van der Waals surface area contributed by atoms with Crippen molar-refractivity contribution in [2.45, 2.75) is 33.1 Å². The van der Waals surface area contributed by atoms with E-state index in [1.54, 1.807) is 0 Å². The van der Waals surface area contributed by atoms with Gasteiger partial charge in [0.05, 0.1) is 0 Å².